The second-order valence-electron chi connectivity index (χ2n) is 1.20. The highest BCUT2D eigenvalue weighted by Gasteiger charge is 1.93. The smallest absolute Gasteiger partial charge is 0.199 e. The fourth-order valence-corrected chi connectivity index (χ4v) is 1.18. The molecule has 0 N–H and O–H groups in total. The van der Waals surface area contributed by atoms with Crippen LogP contribution in [-0.2, 0) is 4.79 Å². The van der Waals surface area contributed by atoms with Crippen LogP contribution in [0.3, 0.4) is 0 Å². The van der Waals surface area contributed by atoms with Crippen LogP contribution in [0.2, 0.25) is 0 Å². The van der Waals surface area contributed by atoms with Crippen molar-refractivity contribution >= 4 is 35.3 Å². The molecular formula is C4H7IOS. The van der Waals surface area contributed by atoms with E-state index >= 15 is 0 Å². The lowest BCUT2D eigenvalue weighted by Gasteiger charge is -1.84. The van der Waals surface area contributed by atoms with E-state index in [2.05, 4.69) is 0 Å². The SMILES string of the molecule is CCCC(=O)SI. The van der Waals surface area contributed by atoms with Gasteiger partial charge in [-0.05, 0) is 15.4 Å². The van der Waals surface area contributed by atoms with Gasteiger partial charge in [-0.1, -0.05) is 6.92 Å². The first-order chi connectivity index (χ1) is 3.31. The largest absolute Gasteiger partial charge is 0.286 e. The molecule has 0 saturated carbocycles. The van der Waals surface area contributed by atoms with Gasteiger partial charge in [0.05, 0.1) is 0 Å². The van der Waals surface area contributed by atoms with Crippen LogP contribution in [0.15, 0.2) is 0 Å². The maximum atomic E-state index is 10.4. The van der Waals surface area contributed by atoms with Crippen LogP contribution in [0.5, 0.6) is 0 Å². The minimum atomic E-state index is 0.281. The molecule has 0 aliphatic rings. The summed E-state index contributed by atoms with van der Waals surface area (Å²) < 4.78 is 0. The molecule has 0 radical (unpaired) electrons. The van der Waals surface area contributed by atoms with Crippen molar-refractivity contribution in [3.05, 3.63) is 0 Å². The highest BCUT2D eigenvalue weighted by Crippen LogP contribution is 2.14. The molecule has 0 atom stereocenters. The van der Waals surface area contributed by atoms with Crippen LogP contribution >= 0.6 is 30.1 Å². The van der Waals surface area contributed by atoms with E-state index in [0.29, 0.717) is 6.42 Å². The summed E-state index contributed by atoms with van der Waals surface area (Å²) in [5.74, 6) is 0. The molecule has 0 amide bonds. The third-order valence-corrected chi connectivity index (χ3v) is 2.39. The summed E-state index contributed by atoms with van der Waals surface area (Å²) in [6.45, 7) is 2.00. The van der Waals surface area contributed by atoms with Crippen LogP contribution in [0, 0.1) is 0 Å². The van der Waals surface area contributed by atoms with Crippen LogP contribution < -0.4 is 0 Å². The van der Waals surface area contributed by atoms with E-state index in [-0.39, 0.29) is 5.12 Å². The van der Waals surface area contributed by atoms with E-state index in [1.54, 1.807) is 0 Å². The van der Waals surface area contributed by atoms with Gasteiger partial charge < -0.3 is 0 Å². The zero-order chi connectivity index (χ0) is 5.70. The van der Waals surface area contributed by atoms with Crippen molar-refractivity contribution in [2.24, 2.45) is 0 Å². The van der Waals surface area contributed by atoms with Crippen molar-refractivity contribution in [1.82, 2.24) is 0 Å². The van der Waals surface area contributed by atoms with Gasteiger partial charge in [0.1, 0.15) is 0 Å². The topological polar surface area (TPSA) is 17.1 Å². The summed E-state index contributed by atoms with van der Waals surface area (Å²) in [6.07, 6.45) is 1.68. The van der Waals surface area contributed by atoms with Gasteiger partial charge in [-0.2, -0.15) is 0 Å². The van der Waals surface area contributed by atoms with Crippen molar-refractivity contribution < 1.29 is 4.79 Å². The molecular weight excluding hydrogens is 223 g/mol. The van der Waals surface area contributed by atoms with Gasteiger partial charge >= 0.3 is 0 Å². The Morgan fingerprint density at radius 3 is 2.57 bits per heavy atom. The first-order valence-corrected chi connectivity index (χ1v) is 5.48. The van der Waals surface area contributed by atoms with E-state index in [4.69, 9.17) is 0 Å². The molecule has 0 unspecified atom stereocenters. The molecule has 42 valence electrons. The van der Waals surface area contributed by atoms with Gasteiger partial charge in [-0.15, -0.1) is 0 Å². The normalized spacial score (nSPS) is 8.86. The molecule has 0 aromatic rings. The highest BCUT2D eigenvalue weighted by molar-refractivity contribution is 14.2. The van der Waals surface area contributed by atoms with Crippen molar-refractivity contribution in [2.75, 3.05) is 0 Å². The lowest BCUT2D eigenvalue weighted by Crippen LogP contribution is -1.83. The van der Waals surface area contributed by atoms with Gasteiger partial charge in [0.15, 0.2) is 5.12 Å². The predicted molar refractivity (Wildman–Crippen MR) is 41.5 cm³/mol. The Labute approximate surface area is 59.8 Å². The zero-order valence-electron chi connectivity index (χ0n) is 4.11. The number of carbonyl (C=O) groups is 1. The summed E-state index contributed by atoms with van der Waals surface area (Å²) in [6, 6.07) is 0. The average molecular weight is 230 g/mol. The Kier molecular flexibility index (Phi) is 5.42. The van der Waals surface area contributed by atoms with Crippen LogP contribution in [0.25, 0.3) is 0 Å². The van der Waals surface area contributed by atoms with E-state index in [9.17, 15) is 4.79 Å². The molecule has 0 aromatic heterocycles. The minimum absolute atomic E-state index is 0.281. The Hall–Kier alpha value is 0.750. The third-order valence-electron chi connectivity index (χ3n) is 0.540. The van der Waals surface area contributed by atoms with Gasteiger partial charge in [-0.3, -0.25) is 4.79 Å². The van der Waals surface area contributed by atoms with Crippen molar-refractivity contribution in [1.29, 1.82) is 0 Å². The molecule has 0 rings (SSSR count). The second-order valence-corrected chi connectivity index (χ2v) is 3.13. The van der Waals surface area contributed by atoms with Gasteiger partial charge in [-0.25, -0.2) is 0 Å². The Balaban J connectivity index is 3.00. The van der Waals surface area contributed by atoms with Gasteiger partial charge in [0.2, 0.25) is 0 Å². The number of hydrogen-bond donors (Lipinski definition) is 0. The molecule has 0 saturated heterocycles. The molecule has 0 spiro atoms. The third kappa shape index (κ3) is 4.61. The minimum Gasteiger partial charge on any atom is -0.286 e. The zero-order valence-corrected chi connectivity index (χ0v) is 7.08. The predicted octanol–water partition coefficient (Wildman–Crippen LogP) is 2.40. The molecule has 0 fully saturated rings. The molecule has 0 heterocycles. The summed E-state index contributed by atoms with van der Waals surface area (Å²) >= 11 is 2.00. The Bertz CT molecular complexity index is 64.7. The second kappa shape index (κ2) is 4.90. The first kappa shape index (κ1) is 7.75. The molecule has 0 aliphatic heterocycles. The summed E-state index contributed by atoms with van der Waals surface area (Å²) in [5.41, 5.74) is 0. The lowest BCUT2D eigenvalue weighted by atomic mass is 10.4. The van der Waals surface area contributed by atoms with Crippen molar-refractivity contribution in [2.45, 2.75) is 19.8 Å². The van der Waals surface area contributed by atoms with Gasteiger partial charge in [0.25, 0.3) is 0 Å². The number of hydrogen-bond acceptors (Lipinski definition) is 2. The van der Waals surface area contributed by atoms with E-state index in [1.165, 1.54) is 8.93 Å². The fraction of sp³-hybridized carbons (Fsp3) is 0.750. The summed E-state index contributed by atoms with van der Waals surface area (Å²) in [5, 5.41) is 0.281. The standard InChI is InChI=1S/C4H7IOS/c1-2-3-4(6)7-5/h2-3H2,1H3. The Morgan fingerprint density at radius 2 is 2.43 bits per heavy atom. The average Bonchev–Trinajstić information content (AvgIpc) is 1.68. The summed E-state index contributed by atoms with van der Waals surface area (Å²) in [4.78, 5) is 10.4. The summed E-state index contributed by atoms with van der Waals surface area (Å²) in [7, 11) is 1.28. The number of halogens is 1. The molecule has 1 nitrogen and oxygen atoms in total. The van der Waals surface area contributed by atoms with E-state index < -0.39 is 0 Å². The fourth-order valence-electron chi connectivity index (χ4n) is 0.243. The Morgan fingerprint density at radius 1 is 1.86 bits per heavy atom. The molecule has 0 aliphatic carbocycles. The first-order valence-electron chi connectivity index (χ1n) is 2.12. The number of carbonyl (C=O) groups excluding carboxylic acids is 1. The monoisotopic (exact) mass is 230 g/mol. The van der Waals surface area contributed by atoms with E-state index in [0.717, 1.165) is 6.42 Å². The maximum Gasteiger partial charge on any atom is 0.199 e. The van der Waals surface area contributed by atoms with Crippen molar-refractivity contribution in [3.63, 3.8) is 0 Å². The molecule has 0 bridgehead atoms. The quantitative estimate of drug-likeness (QED) is 0.677. The molecule has 3 heteroatoms. The lowest BCUT2D eigenvalue weighted by molar-refractivity contribution is -0.110. The van der Waals surface area contributed by atoms with Crippen LogP contribution in [-0.4, -0.2) is 5.12 Å². The molecule has 7 heavy (non-hydrogen) atoms. The van der Waals surface area contributed by atoms with Crippen LogP contribution in [0.1, 0.15) is 19.8 Å². The van der Waals surface area contributed by atoms with E-state index in [1.807, 2.05) is 28.1 Å². The highest BCUT2D eigenvalue weighted by atomic mass is 127. The maximum absolute atomic E-state index is 10.4. The van der Waals surface area contributed by atoms with Crippen LogP contribution in [0.4, 0.5) is 0 Å². The number of rotatable bonds is 2. The molecule has 0 aromatic carbocycles. The van der Waals surface area contributed by atoms with Crippen molar-refractivity contribution in [3.8, 4) is 0 Å². The van der Waals surface area contributed by atoms with Gasteiger partial charge in [0, 0.05) is 27.6 Å².